The fourth-order valence-electron chi connectivity index (χ4n) is 3.29. The van der Waals surface area contributed by atoms with E-state index < -0.39 is 29.2 Å². The maximum atomic E-state index is 12.6. The van der Waals surface area contributed by atoms with Gasteiger partial charge in [-0.3, -0.25) is 10.1 Å². The maximum absolute atomic E-state index is 12.6. The second kappa shape index (κ2) is 7.31. The highest BCUT2D eigenvalue weighted by atomic mass is 16.6. The Morgan fingerprint density at radius 1 is 1.31 bits per heavy atom. The third-order valence-electron chi connectivity index (χ3n) is 4.72. The summed E-state index contributed by atoms with van der Waals surface area (Å²) in [5.74, 6) is -0.613. The van der Waals surface area contributed by atoms with Gasteiger partial charge in [0.15, 0.2) is 11.4 Å². The topological polar surface area (TPSA) is 122 Å². The molecule has 156 valence electrons. The lowest BCUT2D eigenvalue weighted by Gasteiger charge is -2.28. The molecule has 1 saturated heterocycles. The number of aromatic nitrogens is 1. The number of nitrogens with one attached hydrogen (secondary N) is 3. The van der Waals surface area contributed by atoms with Gasteiger partial charge in [0, 0.05) is 17.0 Å². The van der Waals surface area contributed by atoms with E-state index in [9.17, 15) is 19.5 Å². The monoisotopic (exact) mass is 402 g/mol. The summed E-state index contributed by atoms with van der Waals surface area (Å²) in [6.45, 7) is 6.94. The third-order valence-corrected chi connectivity index (χ3v) is 4.72. The van der Waals surface area contributed by atoms with E-state index in [0.717, 1.165) is 17.4 Å². The maximum Gasteiger partial charge on any atom is 0.407 e. The van der Waals surface area contributed by atoms with E-state index in [2.05, 4.69) is 16.0 Å². The molecule has 29 heavy (non-hydrogen) atoms. The first kappa shape index (κ1) is 20.5. The summed E-state index contributed by atoms with van der Waals surface area (Å²) < 4.78 is 6.69. The molecule has 0 spiro atoms. The number of hydrogen-bond acceptors (Lipinski definition) is 5. The van der Waals surface area contributed by atoms with E-state index in [1.807, 2.05) is 25.1 Å². The minimum atomic E-state index is -1.46. The first-order chi connectivity index (χ1) is 13.5. The van der Waals surface area contributed by atoms with Crippen molar-refractivity contribution in [2.24, 2.45) is 0 Å². The van der Waals surface area contributed by atoms with Crippen LogP contribution < -0.4 is 16.0 Å². The Morgan fingerprint density at radius 3 is 2.62 bits per heavy atom. The van der Waals surface area contributed by atoms with Crippen molar-refractivity contribution in [3.05, 3.63) is 30.0 Å². The van der Waals surface area contributed by atoms with Crippen LogP contribution in [0.2, 0.25) is 0 Å². The van der Waals surface area contributed by atoms with Crippen molar-refractivity contribution in [2.45, 2.75) is 51.8 Å². The summed E-state index contributed by atoms with van der Waals surface area (Å²) in [5.41, 5.74) is -1.05. The number of imide groups is 1. The van der Waals surface area contributed by atoms with Crippen LogP contribution in [0.1, 0.15) is 33.3 Å². The number of fused-ring (bicyclic) bond motifs is 1. The largest absolute Gasteiger partial charge is 0.494 e. The molecule has 1 aromatic carbocycles. The molecule has 1 aliphatic rings. The Labute approximate surface area is 168 Å². The summed E-state index contributed by atoms with van der Waals surface area (Å²) in [4.78, 5) is 36.4. The molecule has 1 aliphatic heterocycles. The second-order valence-corrected chi connectivity index (χ2v) is 8.20. The fraction of sp³-hybridized carbons (Fsp3) is 0.450. The molecular weight excluding hydrogens is 376 g/mol. The average molecular weight is 402 g/mol. The number of alkyl carbamates (subject to hydrolysis) is 1. The number of nitrogens with zero attached hydrogens (tertiary/aromatic N) is 1. The molecule has 0 saturated carbocycles. The van der Waals surface area contributed by atoms with E-state index in [4.69, 9.17) is 4.74 Å². The molecule has 3 rings (SSSR count). The number of ether oxygens (including phenoxy) is 1. The number of amides is 4. The predicted molar refractivity (Wildman–Crippen MR) is 107 cm³/mol. The van der Waals surface area contributed by atoms with Gasteiger partial charge >= 0.3 is 12.1 Å². The quantitative estimate of drug-likeness (QED) is 0.570. The number of aryl methyl sites for hydroxylation is 1. The van der Waals surface area contributed by atoms with Crippen LogP contribution >= 0.6 is 0 Å². The smallest absolute Gasteiger partial charge is 0.407 e. The molecule has 9 nitrogen and oxygen atoms in total. The lowest BCUT2D eigenvalue weighted by Crippen LogP contribution is -2.58. The molecule has 0 radical (unpaired) electrons. The second-order valence-electron chi connectivity index (χ2n) is 8.20. The predicted octanol–water partition coefficient (Wildman–Crippen LogP) is 2.01. The molecule has 4 N–H and O–H groups in total. The van der Waals surface area contributed by atoms with Gasteiger partial charge in [-0.25, -0.2) is 9.59 Å². The van der Waals surface area contributed by atoms with Gasteiger partial charge in [-0.2, -0.15) is 0 Å². The van der Waals surface area contributed by atoms with Crippen LogP contribution in [-0.4, -0.2) is 45.4 Å². The standard InChI is InChI=1S/C20H26N4O5/c1-5-12-6-7-14-13(8-12)9-24(15(14)25)11-20(16(26)22-17(27)23-20)10-21-18(28)29-19(2,3)4/h6-9,25H,5,10-11H2,1-4H3,(H,21,28)(H2,22,23,26,27). The summed E-state index contributed by atoms with van der Waals surface area (Å²) in [7, 11) is 0. The van der Waals surface area contributed by atoms with Crippen molar-refractivity contribution in [3.63, 3.8) is 0 Å². The molecule has 0 aliphatic carbocycles. The number of urea groups is 1. The lowest BCUT2D eigenvalue weighted by atomic mass is 10.00. The minimum absolute atomic E-state index is 0.0201. The van der Waals surface area contributed by atoms with E-state index in [-0.39, 0.29) is 19.0 Å². The van der Waals surface area contributed by atoms with Crippen molar-refractivity contribution in [1.29, 1.82) is 0 Å². The van der Waals surface area contributed by atoms with Crippen LogP contribution in [0.4, 0.5) is 9.59 Å². The van der Waals surface area contributed by atoms with Crippen LogP contribution in [0.5, 0.6) is 5.88 Å². The van der Waals surface area contributed by atoms with Crippen LogP contribution in [-0.2, 0) is 22.5 Å². The molecule has 1 aromatic heterocycles. The normalized spacial score (nSPS) is 19.2. The van der Waals surface area contributed by atoms with E-state index >= 15 is 0 Å². The number of benzene rings is 1. The Kier molecular flexibility index (Phi) is 5.16. The zero-order chi connectivity index (χ0) is 21.4. The van der Waals surface area contributed by atoms with Crippen molar-refractivity contribution in [2.75, 3.05) is 6.54 Å². The van der Waals surface area contributed by atoms with Gasteiger partial charge in [0.2, 0.25) is 0 Å². The highest BCUT2D eigenvalue weighted by Crippen LogP contribution is 2.30. The van der Waals surface area contributed by atoms with Crippen molar-refractivity contribution in [3.8, 4) is 5.88 Å². The molecule has 0 bridgehead atoms. The van der Waals surface area contributed by atoms with E-state index in [0.29, 0.717) is 5.39 Å². The first-order valence-corrected chi connectivity index (χ1v) is 9.44. The van der Waals surface area contributed by atoms with Gasteiger partial charge in [0.25, 0.3) is 5.91 Å². The number of rotatable bonds is 5. The zero-order valence-electron chi connectivity index (χ0n) is 17.0. The Bertz CT molecular complexity index is 975. The fourth-order valence-corrected chi connectivity index (χ4v) is 3.29. The molecule has 1 fully saturated rings. The van der Waals surface area contributed by atoms with Gasteiger partial charge in [-0.1, -0.05) is 13.0 Å². The molecule has 2 heterocycles. The van der Waals surface area contributed by atoms with Crippen LogP contribution in [0, 0.1) is 0 Å². The van der Waals surface area contributed by atoms with Crippen LogP contribution in [0.25, 0.3) is 10.8 Å². The van der Waals surface area contributed by atoms with Gasteiger partial charge in [-0.15, -0.1) is 0 Å². The van der Waals surface area contributed by atoms with Gasteiger partial charge in [0.05, 0.1) is 13.1 Å². The minimum Gasteiger partial charge on any atom is -0.494 e. The summed E-state index contributed by atoms with van der Waals surface area (Å²) in [6, 6.07) is 5.05. The molecule has 2 aromatic rings. The van der Waals surface area contributed by atoms with Crippen LogP contribution in [0.3, 0.4) is 0 Å². The molecular formula is C20H26N4O5. The Hall–Kier alpha value is -3.23. The molecule has 4 amide bonds. The average Bonchev–Trinajstić information content (AvgIpc) is 3.07. The highest BCUT2D eigenvalue weighted by molar-refractivity contribution is 6.07. The Balaban J connectivity index is 1.87. The number of aromatic hydroxyl groups is 1. The zero-order valence-corrected chi connectivity index (χ0v) is 17.0. The summed E-state index contributed by atoms with van der Waals surface area (Å²) in [6.07, 6.45) is 1.86. The SMILES string of the molecule is CCc1ccc2c(O)n(CC3(CNC(=O)OC(C)(C)C)NC(=O)NC3=O)cc2c1. The van der Waals surface area contributed by atoms with Crippen molar-refractivity contribution >= 4 is 28.8 Å². The number of hydrogen-bond donors (Lipinski definition) is 4. The third kappa shape index (κ3) is 4.28. The van der Waals surface area contributed by atoms with Crippen molar-refractivity contribution in [1.82, 2.24) is 20.5 Å². The summed E-state index contributed by atoms with van der Waals surface area (Å²) >= 11 is 0. The van der Waals surface area contributed by atoms with Gasteiger partial charge in [0.1, 0.15) is 5.60 Å². The van der Waals surface area contributed by atoms with E-state index in [1.165, 1.54) is 4.57 Å². The van der Waals surface area contributed by atoms with Crippen molar-refractivity contribution < 1.29 is 24.2 Å². The molecule has 9 heteroatoms. The highest BCUT2D eigenvalue weighted by Gasteiger charge is 2.47. The van der Waals surface area contributed by atoms with Gasteiger partial charge < -0.3 is 25.0 Å². The van der Waals surface area contributed by atoms with E-state index in [1.54, 1.807) is 27.0 Å². The summed E-state index contributed by atoms with van der Waals surface area (Å²) in [5, 5.41) is 19.4. The Morgan fingerprint density at radius 2 is 2.03 bits per heavy atom. The van der Waals surface area contributed by atoms with Gasteiger partial charge in [-0.05, 0) is 44.9 Å². The first-order valence-electron chi connectivity index (χ1n) is 9.44. The number of carbonyl (C=O) groups excluding carboxylic acids is 3. The van der Waals surface area contributed by atoms with Crippen LogP contribution in [0.15, 0.2) is 24.4 Å². The molecule has 1 unspecified atom stereocenters. The lowest BCUT2D eigenvalue weighted by molar-refractivity contribution is -0.124. The molecule has 1 atom stereocenters. The number of carbonyl (C=O) groups is 3.